The second-order valence-corrected chi connectivity index (χ2v) is 2.88. The summed E-state index contributed by atoms with van der Waals surface area (Å²) in [6, 6.07) is 5.23. The fraction of sp³-hybridized carbons (Fsp3) is 0.300. The Balaban J connectivity index is 2.85. The van der Waals surface area contributed by atoms with E-state index >= 15 is 0 Å². The molecule has 0 heterocycles. The minimum atomic E-state index is -2.95. The van der Waals surface area contributed by atoms with E-state index in [1.165, 1.54) is 18.2 Å². The van der Waals surface area contributed by atoms with Crippen LogP contribution >= 0.6 is 0 Å². The molecule has 0 aromatic heterocycles. The van der Waals surface area contributed by atoms with E-state index in [1.807, 2.05) is 0 Å². The number of aliphatic hydroxyl groups is 1. The van der Waals surface area contributed by atoms with E-state index in [4.69, 9.17) is 0 Å². The molecule has 0 fully saturated rings. The summed E-state index contributed by atoms with van der Waals surface area (Å²) >= 11 is 0. The molecule has 4 nitrogen and oxygen atoms in total. The standard InChI is InChI=1S/C10H10F2O4/c1-15-9(14)8(13)6-3-2-4-7(5-6)16-10(11)12/h2-5,8,10,13H,1H3/t8-/m1/s1. The Labute approximate surface area is 90.4 Å². The Hall–Kier alpha value is -1.69. The second kappa shape index (κ2) is 5.41. The van der Waals surface area contributed by atoms with Crippen LogP contribution in [0.5, 0.6) is 5.75 Å². The molecule has 0 unspecified atom stereocenters. The van der Waals surface area contributed by atoms with Crippen LogP contribution in [0.2, 0.25) is 0 Å². The highest BCUT2D eigenvalue weighted by molar-refractivity contribution is 5.76. The molecule has 0 aliphatic rings. The predicted molar refractivity (Wildman–Crippen MR) is 50.0 cm³/mol. The predicted octanol–water partition coefficient (Wildman–Crippen LogP) is 1.49. The third-order valence-corrected chi connectivity index (χ3v) is 1.82. The van der Waals surface area contributed by atoms with Gasteiger partial charge in [0.1, 0.15) is 5.75 Å². The topological polar surface area (TPSA) is 55.8 Å². The van der Waals surface area contributed by atoms with E-state index in [9.17, 15) is 18.7 Å². The van der Waals surface area contributed by atoms with Crippen LogP contribution in [-0.4, -0.2) is 24.8 Å². The molecule has 16 heavy (non-hydrogen) atoms. The van der Waals surface area contributed by atoms with Gasteiger partial charge in [-0.25, -0.2) is 4.79 Å². The first-order valence-electron chi connectivity index (χ1n) is 4.35. The smallest absolute Gasteiger partial charge is 0.387 e. The molecule has 0 aliphatic heterocycles. The maximum atomic E-state index is 11.9. The summed E-state index contributed by atoms with van der Waals surface area (Å²) < 4.78 is 32.2. The lowest BCUT2D eigenvalue weighted by molar-refractivity contribution is -0.150. The summed E-state index contributed by atoms with van der Waals surface area (Å²) in [4.78, 5) is 11.0. The molecule has 0 aliphatic carbocycles. The van der Waals surface area contributed by atoms with Gasteiger partial charge in [-0.3, -0.25) is 0 Å². The monoisotopic (exact) mass is 232 g/mol. The molecule has 1 aromatic rings. The number of rotatable bonds is 4. The van der Waals surface area contributed by atoms with E-state index in [-0.39, 0.29) is 11.3 Å². The van der Waals surface area contributed by atoms with Gasteiger partial charge in [0.05, 0.1) is 7.11 Å². The highest BCUT2D eigenvalue weighted by atomic mass is 19.3. The van der Waals surface area contributed by atoms with Gasteiger partial charge in [-0.05, 0) is 17.7 Å². The van der Waals surface area contributed by atoms with Crippen molar-refractivity contribution in [2.24, 2.45) is 0 Å². The number of ether oxygens (including phenoxy) is 2. The highest BCUT2D eigenvalue weighted by Gasteiger charge is 2.18. The molecule has 1 atom stereocenters. The van der Waals surface area contributed by atoms with Crippen LogP contribution in [0.25, 0.3) is 0 Å². The molecule has 1 rings (SSSR count). The van der Waals surface area contributed by atoms with Crippen molar-refractivity contribution < 1.29 is 28.2 Å². The van der Waals surface area contributed by atoms with E-state index in [0.29, 0.717) is 0 Å². The Morgan fingerprint density at radius 2 is 2.12 bits per heavy atom. The summed E-state index contributed by atoms with van der Waals surface area (Å²) in [7, 11) is 1.12. The van der Waals surface area contributed by atoms with Crippen molar-refractivity contribution in [1.82, 2.24) is 0 Å². The highest BCUT2D eigenvalue weighted by Crippen LogP contribution is 2.21. The molecule has 0 bridgehead atoms. The summed E-state index contributed by atoms with van der Waals surface area (Å²) in [6.07, 6.45) is -1.51. The molecular weight excluding hydrogens is 222 g/mol. The quantitative estimate of drug-likeness (QED) is 0.799. The van der Waals surface area contributed by atoms with Gasteiger partial charge < -0.3 is 14.6 Å². The summed E-state index contributed by atoms with van der Waals surface area (Å²) in [6.45, 7) is -2.95. The molecule has 0 spiro atoms. The Morgan fingerprint density at radius 1 is 1.44 bits per heavy atom. The zero-order chi connectivity index (χ0) is 12.1. The largest absolute Gasteiger partial charge is 0.467 e. The molecule has 88 valence electrons. The Bertz CT molecular complexity index is 368. The zero-order valence-corrected chi connectivity index (χ0v) is 8.39. The molecule has 6 heteroatoms. The van der Waals surface area contributed by atoms with Crippen LogP contribution in [0.4, 0.5) is 8.78 Å². The van der Waals surface area contributed by atoms with Gasteiger partial charge in [-0.1, -0.05) is 12.1 Å². The van der Waals surface area contributed by atoms with Crippen molar-refractivity contribution in [3.05, 3.63) is 29.8 Å². The number of benzene rings is 1. The molecule has 1 aromatic carbocycles. The van der Waals surface area contributed by atoms with Crippen LogP contribution in [0.3, 0.4) is 0 Å². The maximum absolute atomic E-state index is 11.9. The number of esters is 1. The van der Waals surface area contributed by atoms with Gasteiger partial charge in [0.25, 0.3) is 0 Å². The molecule has 0 radical (unpaired) electrons. The number of halogens is 2. The summed E-state index contributed by atoms with van der Waals surface area (Å²) in [5.41, 5.74) is 0.130. The van der Waals surface area contributed by atoms with Crippen LogP contribution in [-0.2, 0) is 9.53 Å². The molecule has 1 N–H and O–H groups in total. The first-order chi connectivity index (χ1) is 7.54. The van der Waals surface area contributed by atoms with Gasteiger partial charge in [0, 0.05) is 0 Å². The van der Waals surface area contributed by atoms with Crippen LogP contribution in [0.15, 0.2) is 24.3 Å². The van der Waals surface area contributed by atoms with Crippen molar-refractivity contribution in [2.45, 2.75) is 12.7 Å². The Kier molecular flexibility index (Phi) is 4.19. The van der Waals surface area contributed by atoms with E-state index < -0.39 is 18.7 Å². The van der Waals surface area contributed by atoms with E-state index in [0.717, 1.165) is 13.2 Å². The Morgan fingerprint density at radius 3 is 2.69 bits per heavy atom. The van der Waals surface area contributed by atoms with Crippen molar-refractivity contribution >= 4 is 5.97 Å². The van der Waals surface area contributed by atoms with Gasteiger partial charge in [-0.15, -0.1) is 0 Å². The fourth-order valence-corrected chi connectivity index (χ4v) is 1.11. The molecule has 0 saturated heterocycles. The average molecular weight is 232 g/mol. The number of hydrogen-bond donors (Lipinski definition) is 1. The number of methoxy groups -OCH3 is 1. The number of carbonyl (C=O) groups excluding carboxylic acids is 1. The lowest BCUT2D eigenvalue weighted by Crippen LogP contribution is -2.13. The van der Waals surface area contributed by atoms with Gasteiger partial charge >= 0.3 is 12.6 Å². The molecule has 0 amide bonds. The average Bonchev–Trinajstić information content (AvgIpc) is 2.26. The van der Waals surface area contributed by atoms with E-state index in [2.05, 4.69) is 9.47 Å². The first kappa shape index (κ1) is 12.4. The lowest BCUT2D eigenvalue weighted by atomic mass is 10.1. The normalized spacial score (nSPS) is 12.3. The van der Waals surface area contributed by atoms with Crippen molar-refractivity contribution in [1.29, 1.82) is 0 Å². The number of carbonyl (C=O) groups is 1. The number of aliphatic hydroxyl groups excluding tert-OH is 1. The van der Waals surface area contributed by atoms with Crippen molar-refractivity contribution in [2.75, 3.05) is 7.11 Å². The van der Waals surface area contributed by atoms with Gasteiger partial charge in [0.2, 0.25) is 0 Å². The minimum absolute atomic E-state index is 0.129. The second-order valence-electron chi connectivity index (χ2n) is 2.88. The maximum Gasteiger partial charge on any atom is 0.387 e. The van der Waals surface area contributed by atoms with Gasteiger partial charge in [0.15, 0.2) is 6.10 Å². The number of hydrogen-bond acceptors (Lipinski definition) is 4. The van der Waals surface area contributed by atoms with Crippen LogP contribution in [0, 0.1) is 0 Å². The molecular formula is C10H10F2O4. The molecule has 0 saturated carbocycles. The van der Waals surface area contributed by atoms with Crippen LogP contribution < -0.4 is 4.74 Å². The van der Waals surface area contributed by atoms with E-state index in [1.54, 1.807) is 0 Å². The summed E-state index contributed by atoms with van der Waals surface area (Å²) in [5.74, 6) is -0.996. The van der Waals surface area contributed by atoms with Crippen LogP contribution in [0.1, 0.15) is 11.7 Å². The zero-order valence-electron chi connectivity index (χ0n) is 8.39. The summed E-state index contributed by atoms with van der Waals surface area (Å²) in [5, 5.41) is 9.43. The van der Waals surface area contributed by atoms with Crippen molar-refractivity contribution in [3.63, 3.8) is 0 Å². The third-order valence-electron chi connectivity index (χ3n) is 1.82. The van der Waals surface area contributed by atoms with Crippen molar-refractivity contribution in [3.8, 4) is 5.75 Å². The lowest BCUT2D eigenvalue weighted by Gasteiger charge is -2.10. The third kappa shape index (κ3) is 3.16. The minimum Gasteiger partial charge on any atom is -0.467 e. The SMILES string of the molecule is COC(=O)[C@H](O)c1cccc(OC(F)F)c1. The van der Waals surface area contributed by atoms with Gasteiger partial charge in [-0.2, -0.15) is 8.78 Å². The fourth-order valence-electron chi connectivity index (χ4n) is 1.11. The number of alkyl halides is 2. The first-order valence-corrected chi connectivity index (χ1v) is 4.35.